The second-order valence-corrected chi connectivity index (χ2v) is 8.57. The molecule has 29 heavy (non-hydrogen) atoms. The molecule has 0 saturated heterocycles. The highest BCUT2D eigenvalue weighted by molar-refractivity contribution is 5.70. The summed E-state index contributed by atoms with van der Waals surface area (Å²) in [4.78, 5) is 4.05. The molecule has 1 aliphatic heterocycles. The molecule has 0 bridgehead atoms. The van der Waals surface area contributed by atoms with E-state index in [4.69, 9.17) is 0 Å². The number of hydrogen-bond donors (Lipinski definition) is 2. The standard InChI is InChI=1S/C24H31N5/c1-2-6-18(7-3-1)21-14-20-11-10-19-8-4-5-9-22(19)28-23(20)15-24(21)26-12-13-29-17-25-16-27-29/h8-9,14-18,26,28H,1-7,10-13H2. The lowest BCUT2D eigenvalue weighted by Gasteiger charge is -2.26. The van der Waals surface area contributed by atoms with Gasteiger partial charge in [0.05, 0.1) is 6.54 Å². The van der Waals surface area contributed by atoms with Gasteiger partial charge in [0, 0.05) is 23.6 Å². The molecule has 1 aromatic heterocycles. The molecule has 1 aromatic carbocycles. The van der Waals surface area contributed by atoms with Gasteiger partial charge in [-0.2, -0.15) is 5.10 Å². The van der Waals surface area contributed by atoms with Crippen LogP contribution in [0.3, 0.4) is 0 Å². The van der Waals surface area contributed by atoms with E-state index in [0.717, 1.165) is 32.4 Å². The maximum Gasteiger partial charge on any atom is 0.137 e. The fraction of sp³-hybridized carbons (Fsp3) is 0.500. The summed E-state index contributed by atoms with van der Waals surface area (Å²) in [6.07, 6.45) is 19.5. The summed E-state index contributed by atoms with van der Waals surface area (Å²) in [6.45, 7) is 1.68. The minimum Gasteiger partial charge on any atom is -0.383 e. The Morgan fingerprint density at radius 2 is 1.97 bits per heavy atom. The molecule has 0 spiro atoms. The van der Waals surface area contributed by atoms with Crippen molar-refractivity contribution in [2.24, 2.45) is 0 Å². The minimum absolute atomic E-state index is 0.687. The van der Waals surface area contributed by atoms with Gasteiger partial charge in [-0.05, 0) is 67.2 Å². The first-order chi connectivity index (χ1) is 14.4. The number of allylic oxidation sites excluding steroid dienone is 3. The highest BCUT2D eigenvalue weighted by Gasteiger charge is 2.23. The van der Waals surface area contributed by atoms with Crippen LogP contribution in [0.25, 0.3) is 0 Å². The van der Waals surface area contributed by atoms with E-state index in [-0.39, 0.29) is 0 Å². The van der Waals surface area contributed by atoms with Crippen molar-refractivity contribution < 1.29 is 0 Å². The summed E-state index contributed by atoms with van der Waals surface area (Å²) in [5.74, 6) is 0.687. The van der Waals surface area contributed by atoms with E-state index in [0.29, 0.717) is 5.92 Å². The van der Waals surface area contributed by atoms with Gasteiger partial charge in [-0.3, -0.25) is 4.68 Å². The Morgan fingerprint density at radius 3 is 2.83 bits per heavy atom. The summed E-state index contributed by atoms with van der Waals surface area (Å²) in [5.41, 5.74) is 8.40. The van der Waals surface area contributed by atoms with Gasteiger partial charge in [-0.25, -0.2) is 4.98 Å². The van der Waals surface area contributed by atoms with Gasteiger partial charge in [0.1, 0.15) is 12.7 Å². The van der Waals surface area contributed by atoms with Crippen molar-refractivity contribution in [2.45, 2.75) is 70.3 Å². The van der Waals surface area contributed by atoms with Crippen molar-refractivity contribution in [3.63, 3.8) is 0 Å². The summed E-state index contributed by atoms with van der Waals surface area (Å²) < 4.78 is 1.89. The second kappa shape index (κ2) is 8.44. The highest BCUT2D eigenvalue weighted by Crippen LogP contribution is 2.41. The Morgan fingerprint density at radius 1 is 1.07 bits per heavy atom. The van der Waals surface area contributed by atoms with E-state index in [9.17, 15) is 0 Å². The van der Waals surface area contributed by atoms with Crippen LogP contribution >= 0.6 is 0 Å². The molecule has 2 aromatic rings. The summed E-state index contributed by atoms with van der Waals surface area (Å²) in [5, 5.41) is 11.7. The molecule has 5 rings (SSSR count). The van der Waals surface area contributed by atoms with Gasteiger partial charge in [0.15, 0.2) is 0 Å². The number of aromatic nitrogens is 3. The monoisotopic (exact) mass is 389 g/mol. The molecule has 152 valence electrons. The molecule has 2 aliphatic carbocycles. The van der Waals surface area contributed by atoms with Crippen LogP contribution in [0.5, 0.6) is 0 Å². The van der Waals surface area contributed by atoms with Crippen LogP contribution in [0, 0.1) is 0 Å². The molecule has 2 heterocycles. The van der Waals surface area contributed by atoms with Gasteiger partial charge < -0.3 is 10.6 Å². The number of nitrogens with one attached hydrogen (secondary N) is 2. The molecular weight excluding hydrogens is 358 g/mol. The first-order valence-electron chi connectivity index (χ1n) is 11.3. The third-order valence-electron chi connectivity index (χ3n) is 6.63. The third kappa shape index (κ3) is 4.09. The summed E-state index contributed by atoms with van der Waals surface area (Å²) in [6, 6.07) is 4.88. The van der Waals surface area contributed by atoms with Gasteiger partial charge in [-0.1, -0.05) is 37.5 Å². The van der Waals surface area contributed by atoms with Gasteiger partial charge in [0.2, 0.25) is 0 Å². The Bertz CT molecular complexity index is 904. The lowest BCUT2D eigenvalue weighted by Crippen LogP contribution is -2.15. The Kier molecular flexibility index (Phi) is 5.37. The number of fused-ring (bicyclic) bond motifs is 2. The predicted octanol–water partition coefficient (Wildman–Crippen LogP) is 5.40. The van der Waals surface area contributed by atoms with E-state index in [1.54, 1.807) is 12.7 Å². The average Bonchev–Trinajstić information content (AvgIpc) is 3.21. The number of anilines is 2. The largest absolute Gasteiger partial charge is 0.383 e. The van der Waals surface area contributed by atoms with Crippen LogP contribution in [-0.4, -0.2) is 21.3 Å². The Labute approximate surface area is 173 Å². The molecule has 0 amide bonds. The van der Waals surface area contributed by atoms with Crippen LogP contribution in [0.15, 0.2) is 48.2 Å². The Hall–Kier alpha value is -2.56. The molecule has 5 heteroatoms. The predicted molar refractivity (Wildman–Crippen MR) is 118 cm³/mol. The van der Waals surface area contributed by atoms with Crippen LogP contribution in [-0.2, 0) is 13.0 Å². The van der Waals surface area contributed by atoms with Gasteiger partial charge in [0.25, 0.3) is 0 Å². The van der Waals surface area contributed by atoms with E-state index in [1.807, 2.05) is 4.68 Å². The fourth-order valence-corrected chi connectivity index (χ4v) is 5.05. The van der Waals surface area contributed by atoms with Crippen LogP contribution in [0.2, 0.25) is 0 Å². The van der Waals surface area contributed by atoms with Gasteiger partial charge in [-0.15, -0.1) is 0 Å². The zero-order valence-electron chi connectivity index (χ0n) is 17.2. The topological polar surface area (TPSA) is 54.8 Å². The molecule has 1 saturated carbocycles. The van der Waals surface area contributed by atoms with Crippen molar-refractivity contribution in [1.82, 2.24) is 14.8 Å². The zero-order valence-corrected chi connectivity index (χ0v) is 17.2. The lowest BCUT2D eigenvalue weighted by atomic mass is 9.82. The number of hydrogen-bond acceptors (Lipinski definition) is 4. The van der Waals surface area contributed by atoms with Crippen LogP contribution in [0.4, 0.5) is 11.4 Å². The molecule has 0 atom stereocenters. The van der Waals surface area contributed by atoms with Crippen molar-refractivity contribution in [1.29, 1.82) is 0 Å². The van der Waals surface area contributed by atoms with Crippen molar-refractivity contribution in [3.8, 4) is 0 Å². The SMILES string of the molecule is C1=C2CCc3cc(C4CCCCC4)c(NCCn4cncn4)cc3NC2=CCC1. The molecule has 3 aliphatic rings. The molecule has 1 fully saturated rings. The summed E-state index contributed by atoms with van der Waals surface area (Å²) >= 11 is 0. The molecular formula is C24H31N5. The van der Waals surface area contributed by atoms with Crippen LogP contribution < -0.4 is 10.6 Å². The zero-order chi connectivity index (χ0) is 19.5. The minimum atomic E-state index is 0.687. The first-order valence-corrected chi connectivity index (χ1v) is 11.3. The van der Waals surface area contributed by atoms with E-state index in [2.05, 4.69) is 45.0 Å². The number of rotatable bonds is 5. The van der Waals surface area contributed by atoms with Crippen LogP contribution in [0.1, 0.15) is 68.4 Å². The van der Waals surface area contributed by atoms with Crippen molar-refractivity contribution in [2.75, 3.05) is 17.2 Å². The Balaban J connectivity index is 1.43. The molecule has 0 unspecified atom stereocenters. The third-order valence-corrected chi connectivity index (χ3v) is 6.63. The maximum atomic E-state index is 4.23. The quantitative estimate of drug-likeness (QED) is 0.719. The smallest absolute Gasteiger partial charge is 0.137 e. The highest BCUT2D eigenvalue weighted by atomic mass is 15.3. The number of nitrogens with zero attached hydrogens (tertiary/aromatic N) is 3. The lowest BCUT2D eigenvalue weighted by molar-refractivity contribution is 0.444. The molecule has 0 radical (unpaired) electrons. The van der Waals surface area contributed by atoms with E-state index < -0.39 is 0 Å². The van der Waals surface area contributed by atoms with Gasteiger partial charge >= 0.3 is 0 Å². The maximum absolute atomic E-state index is 4.23. The van der Waals surface area contributed by atoms with Crippen molar-refractivity contribution >= 4 is 11.4 Å². The number of aryl methyl sites for hydroxylation is 1. The van der Waals surface area contributed by atoms with Crippen molar-refractivity contribution in [3.05, 3.63) is 59.3 Å². The summed E-state index contributed by atoms with van der Waals surface area (Å²) in [7, 11) is 0. The number of benzene rings is 1. The fourth-order valence-electron chi connectivity index (χ4n) is 5.05. The van der Waals surface area contributed by atoms with E-state index >= 15 is 0 Å². The molecule has 2 N–H and O–H groups in total. The first kappa shape index (κ1) is 18.5. The molecule has 5 nitrogen and oxygen atoms in total. The second-order valence-electron chi connectivity index (χ2n) is 8.57. The van der Waals surface area contributed by atoms with E-state index in [1.165, 1.54) is 72.3 Å². The average molecular weight is 390 g/mol. The normalized spacial score (nSPS) is 19.3.